The zero-order valence-electron chi connectivity index (χ0n) is 9.21. The Kier molecular flexibility index (Phi) is 4.15. The Labute approximate surface area is 99.0 Å². The molecule has 0 spiro atoms. The van der Waals surface area contributed by atoms with Crippen LogP contribution in [0.2, 0.25) is 5.02 Å². The van der Waals surface area contributed by atoms with Crippen LogP contribution in [-0.2, 0) is 0 Å². The van der Waals surface area contributed by atoms with Crippen LogP contribution in [-0.4, -0.2) is 24.5 Å². The summed E-state index contributed by atoms with van der Waals surface area (Å²) in [4.78, 5) is 11.8. The van der Waals surface area contributed by atoms with E-state index in [2.05, 4.69) is 0 Å². The second-order valence-corrected chi connectivity index (χ2v) is 3.78. The fraction of sp³-hybridized carbons (Fsp3) is 0.364. The van der Waals surface area contributed by atoms with Crippen molar-refractivity contribution in [1.29, 1.82) is 0 Å². The van der Waals surface area contributed by atoms with Crippen molar-refractivity contribution in [3.8, 4) is 11.5 Å². The van der Waals surface area contributed by atoms with E-state index in [-0.39, 0.29) is 30.2 Å². The van der Waals surface area contributed by atoms with Gasteiger partial charge in [-0.25, -0.2) is 0 Å². The van der Waals surface area contributed by atoms with Crippen LogP contribution < -0.4 is 10.5 Å². The van der Waals surface area contributed by atoms with E-state index in [9.17, 15) is 9.90 Å². The minimum atomic E-state index is -0.186. The molecule has 88 valence electrons. The highest BCUT2D eigenvalue weighted by molar-refractivity contribution is 6.32. The van der Waals surface area contributed by atoms with Crippen molar-refractivity contribution in [2.24, 2.45) is 5.73 Å². The second kappa shape index (κ2) is 5.18. The second-order valence-electron chi connectivity index (χ2n) is 3.37. The first kappa shape index (κ1) is 12.8. The standard InChI is InChI=1S/C11H14ClNO3/c1-6-7(12)5-9(15)11(16-2)10(6)8(14)3-4-13/h5,15H,3-4,13H2,1-2H3. The van der Waals surface area contributed by atoms with Crippen LogP contribution in [0.4, 0.5) is 0 Å². The molecule has 0 aliphatic carbocycles. The van der Waals surface area contributed by atoms with Crippen molar-refractivity contribution in [3.63, 3.8) is 0 Å². The predicted octanol–water partition coefficient (Wildman–Crippen LogP) is 1.89. The summed E-state index contributed by atoms with van der Waals surface area (Å²) in [6, 6.07) is 1.36. The number of phenolic OH excluding ortho intramolecular Hbond substituents is 1. The number of hydrogen-bond acceptors (Lipinski definition) is 4. The molecule has 0 aromatic heterocycles. The highest BCUT2D eigenvalue weighted by Crippen LogP contribution is 2.37. The quantitative estimate of drug-likeness (QED) is 0.793. The number of ketones is 1. The molecule has 0 radical (unpaired) electrons. The Morgan fingerprint density at radius 1 is 1.62 bits per heavy atom. The molecule has 0 atom stereocenters. The Morgan fingerprint density at radius 3 is 2.75 bits per heavy atom. The van der Waals surface area contributed by atoms with E-state index in [1.165, 1.54) is 13.2 Å². The summed E-state index contributed by atoms with van der Waals surface area (Å²) in [5.41, 5.74) is 6.22. The van der Waals surface area contributed by atoms with Crippen LogP contribution in [0.5, 0.6) is 11.5 Å². The molecule has 3 N–H and O–H groups in total. The Balaban J connectivity index is 3.38. The number of ether oxygens (including phenoxy) is 1. The predicted molar refractivity (Wildman–Crippen MR) is 62.4 cm³/mol. The third-order valence-corrected chi connectivity index (χ3v) is 2.70. The molecule has 0 heterocycles. The molecular weight excluding hydrogens is 230 g/mol. The van der Waals surface area contributed by atoms with Crippen LogP contribution >= 0.6 is 11.6 Å². The summed E-state index contributed by atoms with van der Waals surface area (Å²) in [7, 11) is 1.39. The van der Waals surface area contributed by atoms with Gasteiger partial charge in [0.15, 0.2) is 17.3 Å². The van der Waals surface area contributed by atoms with Gasteiger partial charge in [0.1, 0.15) is 0 Å². The molecule has 0 unspecified atom stereocenters. The molecule has 0 fully saturated rings. The molecule has 0 aliphatic heterocycles. The van der Waals surface area contributed by atoms with Crippen LogP contribution in [0.25, 0.3) is 0 Å². The maximum absolute atomic E-state index is 11.8. The van der Waals surface area contributed by atoms with Gasteiger partial charge in [-0.3, -0.25) is 4.79 Å². The lowest BCUT2D eigenvalue weighted by Crippen LogP contribution is -2.11. The molecule has 0 aliphatic rings. The number of phenols is 1. The van der Waals surface area contributed by atoms with Gasteiger partial charge in [-0.1, -0.05) is 11.6 Å². The number of nitrogens with two attached hydrogens (primary N) is 1. The Hall–Kier alpha value is -1.26. The number of halogens is 1. The van der Waals surface area contributed by atoms with E-state index in [0.29, 0.717) is 16.1 Å². The van der Waals surface area contributed by atoms with Crippen molar-refractivity contribution in [1.82, 2.24) is 0 Å². The van der Waals surface area contributed by atoms with Crippen LogP contribution in [0.1, 0.15) is 22.3 Å². The van der Waals surface area contributed by atoms with E-state index in [1.54, 1.807) is 6.92 Å². The maximum Gasteiger partial charge on any atom is 0.171 e. The number of hydrogen-bond donors (Lipinski definition) is 2. The summed E-state index contributed by atoms with van der Waals surface area (Å²) in [5.74, 6) is -0.173. The summed E-state index contributed by atoms with van der Waals surface area (Å²) >= 11 is 5.89. The number of aromatic hydroxyl groups is 1. The van der Waals surface area contributed by atoms with Crippen molar-refractivity contribution < 1.29 is 14.6 Å². The van der Waals surface area contributed by atoms with Gasteiger partial charge >= 0.3 is 0 Å². The summed E-state index contributed by atoms with van der Waals surface area (Å²) in [6.45, 7) is 1.95. The molecule has 0 bridgehead atoms. The number of carbonyl (C=O) groups excluding carboxylic acids is 1. The molecule has 5 heteroatoms. The minimum Gasteiger partial charge on any atom is -0.504 e. The van der Waals surface area contributed by atoms with Crippen molar-refractivity contribution in [2.75, 3.05) is 13.7 Å². The fourth-order valence-electron chi connectivity index (χ4n) is 1.51. The smallest absolute Gasteiger partial charge is 0.171 e. The summed E-state index contributed by atoms with van der Waals surface area (Å²) in [5, 5.41) is 9.95. The van der Waals surface area contributed by atoms with E-state index in [4.69, 9.17) is 22.1 Å². The van der Waals surface area contributed by atoms with Gasteiger partial charge in [0.05, 0.1) is 12.7 Å². The first-order chi connectivity index (χ1) is 7.52. The molecule has 1 aromatic carbocycles. The zero-order valence-corrected chi connectivity index (χ0v) is 9.97. The van der Waals surface area contributed by atoms with Gasteiger partial charge in [-0.2, -0.15) is 0 Å². The molecule has 4 nitrogen and oxygen atoms in total. The van der Waals surface area contributed by atoms with Crippen LogP contribution in [0, 0.1) is 6.92 Å². The molecule has 0 saturated carbocycles. The zero-order chi connectivity index (χ0) is 12.3. The average molecular weight is 244 g/mol. The molecule has 1 aromatic rings. The largest absolute Gasteiger partial charge is 0.504 e. The monoisotopic (exact) mass is 243 g/mol. The van der Waals surface area contributed by atoms with Crippen LogP contribution in [0.3, 0.4) is 0 Å². The third-order valence-electron chi connectivity index (χ3n) is 2.31. The number of rotatable bonds is 4. The van der Waals surface area contributed by atoms with E-state index in [1.807, 2.05) is 0 Å². The van der Waals surface area contributed by atoms with Crippen molar-refractivity contribution in [3.05, 3.63) is 22.2 Å². The van der Waals surface area contributed by atoms with Gasteiger partial charge < -0.3 is 15.6 Å². The first-order valence-corrected chi connectivity index (χ1v) is 5.20. The van der Waals surface area contributed by atoms with Gasteiger partial charge in [0.25, 0.3) is 0 Å². The number of carbonyl (C=O) groups is 1. The van der Waals surface area contributed by atoms with E-state index >= 15 is 0 Å². The lowest BCUT2D eigenvalue weighted by molar-refractivity contribution is 0.0981. The first-order valence-electron chi connectivity index (χ1n) is 4.82. The third kappa shape index (κ3) is 2.28. The Morgan fingerprint density at radius 2 is 2.25 bits per heavy atom. The normalized spacial score (nSPS) is 10.2. The number of Topliss-reactive ketones (excluding diaryl/α,β-unsaturated/α-hetero) is 1. The molecule has 1 rings (SSSR count). The lowest BCUT2D eigenvalue weighted by Gasteiger charge is -2.13. The van der Waals surface area contributed by atoms with Gasteiger partial charge in [0.2, 0.25) is 0 Å². The van der Waals surface area contributed by atoms with E-state index in [0.717, 1.165) is 0 Å². The molecular formula is C11H14ClNO3. The highest BCUT2D eigenvalue weighted by atomic mass is 35.5. The topological polar surface area (TPSA) is 72.5 Å². The fourth-order valence-corrected chi connectivity index (χ4v) is 1.71. The number of benzene rings is 1. The van der Waals surface area contributed by atoms with Crippen molar-refractivity contribution >= 4 is 17.4 Å². The van der Waals surface area contributed by atoms with Gasteiger partial charge in [-0.05, 0) is 19.0 Å². The Bertz CT molecular complexity index is 418. The van der Waals surface area contributed by atoms with Crippen molar-refractivity contribution in [2.45, 2.75) is 13.3 Å². The van der Waals surface area contributed by atoms with Gasteiger partial charge in [0, 0.05) is 17.5 Å². The number of methoxy groups -OCH3 is 1. The molecule has 0 saturated heterocycles. The highest BCUT2D eigenvalue weighted by Gasteiger charge is 2.20. The van der Waals surface area contributed by atoms with Crippen LogP contribution in [0.15, 0.2) is 6.07 Å². The SMILES string of the molecule is COc1c(O)cc(Cl)c(C)c1C(=O)CCN. The van der Waals surface area contributed by atoms with E-state index < -0.39 is 0 Å². The molecule has 16 heavy (non-hydrogen) atoms. The average Bonchev–Trinajstić information content (AvgIpc) is 2.23. The summed E-state index contributed by atoms with van der Waals surface area (Å²) < 4.78 is 5.01. The molecule has 0 amide bonds. The minimum absolute atomic E-state index is 0.140. The van der Waals surface area contributed by atoms with Gasteiger partial charge in [-0.15, -0.1) is 0 Å². The maximum atomic E-state index is 11.8. The summed E-state index contributed by atoms with van der Waals surface area (Å²) in [6.07, 6.45) is 0.191. The lowest BCUT2D eigenvalue weighted by atomic mass is 10.0.